The standard InChI is InChI=1S/C60H42B5NO/c61-55-54(56(62)58(64)59(65)57(55)63)52-43-22-8-6-20-41(43)51(42-21-7-9-23-44(42)52)35-30-34-16-4-5-17-37(34)46(31-35)45-28-27-38(33-14-2-1-3-15-33)60-53(45)47-32-36(26-29-50(47)67-60)66-48-24-12-10-18-39(48)40-19-11-13-25-49(40)66/h1-32H,61-65H2. The van der Waals surface area contributed by atoms with Gasteiger partial charge in [0.25, 0.3) is 0 Å². The number of fused-ring (bicyclic) bond motifs is 9. The average Bonchev–Trinajstić information content (AvgIpc) is 3.93. The van der Waals surface area contributed by atoms with E-state index >= 15 is 0 Å². The van der Waals surface area contributed by atoms with Crippen LogP contribution in [-0.2, 0) is 0 Å². The van der Waals surface area contributed by atoms with Crippen molar-refractivity contribution in [2.45, 2.75) is 0 Å². The van der Waals surface area contributed by atoms with Crippen LogP contribution in [-0.4, -0.2) is 43.8 Å². The zero-order valence-corrected chi connectivity index (χ0v) is 38.3. The Kier molecular flexibility index (Phi) is 8.89. The summed E-state index contributed by atoms with van der Waals surface area (Å²) in [6.07, 6.45) is 0. The van der Waals surface area contributed by atoms with Crippen LogP contribution in [0.25, 0.3) is 126 Å². The Hall–Kier alpha value is -7.88. The molecule has 0 amide bonds. The van der Waals surface area contributed by atoms with Crippen molar-refractivity contribution in [1.29, 1.82) is 0 Å². The van der Waals surface area contributed by atoms with Crippen molar-refractivity contribution in [3.63, 3.8) is 0 Å². The first-order valence-electron chi connectivity index (χ1n) is 23.4. The van der Waals surface area contributed by atoms with Crippen molar-refractivity contribution in [2.75, 3.05) is 0 Å². The average molecular weight is 847 g/mol. The number of benzene rings is 11. The largest absolute Gasteiger partial charge is 0.455 e. The lowest BCUT2D eigenvalue weighted by Gasteiger charge is -2.24. The highest BCUT2D eigenvalue weighted by Gasteiger charge is 2.24. The lowest BCUT2D eigenvalue weighted by molar-refractivity contribution is 0.670. The van der Waals surface area contributed by atoms with Crippen molar-refractivity contribution in [2.24, 2.45) is 0 Å². The Balaban J connectivity index is 1.12. The number of hydrogen-bond donors (Lipinski definition) is 0. The molecule has 2 aromatic heterocycles. The molecular weight excluding hydrogens is 805 g/mol. The van der Waals surface area contributed by atoms with Crippen molar-refractivity contribution in [3.8, 4) is 50.2 Å². The minimum absolute atomic E-state index is 0.865. The fourth-order valence-corrected chi connectivity index (χ4v) is 11.5. The molecule has 0 bridgehead atoms. The van der Waals surface area contributed by atoms with Crippen molar-refractivity contribution >= 4 is 143 Å². The molecule has 0 N–H and O–H groups in total. The van der Waals surface area contributed by atoms with Crippen LogP contribution < -0.4 is 27.3 Å². The molecule has 0 atom stereocenters. The van der Waals surface area contributed by atoms with Gasteiger partial charge in [-0.05, 0) is 120 Å². The Bertz CT molecular complexity index is 4090. The second kappa shape index (κ2) is 15.1. The molecule has 0 aliphatic carbocycles. The summed E-state index contributed by atoms with van der Waals surface area (Å²) in [5.41, 5.74) is 21.7. The molecule has 0 saturated heterocycles. The summed E-state index contributed by atoms with van der Waals surface area (Å²) < 4.78 is 9.48. The van der Waals surface area contributed by atoms with Gasteiger partial charge in [0.05, 0.1) is 11.0 Å². The number of para-hydroxylation sites is 2. The van der Waals surface area contributed by atoms with Gasteiger partial charge in [-0.2, -0.15) is 0 Å². The van der Waals surface area contributed by atoms with Gasteiger partial charge in [-0.25, -0.2) is 0 Å². The van der Waals surface area contributed by atoms with Gasteiger partial charge in [0.15, 0.2) is 0 Å². The first-order valence-corrected chi connectivity index (χ1v) is 23.4. The van der Waals surface area contributed by atoms with Gasteiger partial charge in [0, 0.05) is 32.8 Å². The molecule has 13 aromatic rings. The molecule has 2 nitrogen and oxygen atoms in total. The minimum Gasteiger partial charge on any atom is -0.455 e. The van der Waals surface area contributed by atoms with E-state index in [0.717, 1.165) is 44.3 Å². The second-order valence-electron chi connectivity index (χ2n) is 18.5. The molecule has 0 aliphatic rings. The van der Waals surface area contributed by atoms with E-state index in [1.54, 1.807) is 0 Å². The molecule has 0 unspecified atom stereocenters. The van der Waals surface area contributed by atoms with Crippen molar-refractivity contribution in [3.05, 3.63) is 194 Å². The minimum atomic E-state index is 0.865. The number of nitrogens with zero attached hydrogens (tertiary/aromatic N) is 1. The highest BCUT2D eigenvalue weighted by molar-refractivity contribution is 6.69. The summed E-state index contributed by atoms with van der Waals surface area (Å²) >= 11 is 0. The number of aromatic nitrogens is 1. The second-order valence-corrected chi connectivity index (χ2v) is 18.5. The van der Waals surface area contributed by atoms with Crippen LogP contribution >= 0.6 is 0 Å². The maximum absolute atomic E-state index is 7.08. The van der Waals surface area contributed by atoms with Gasteiger partial charge >= 0.3 is 0 Å². The first kappa shape index (κ1) is 39.5. The summed E-state index contributed by atoms with van der Waals surface area (Å²) in [7, 11) is 11.5. The first-order chi connectivity index (χ1) is 32.9. The molecule has 2 heterocycles. The summed E-state index contributed by atoms with van der Waals surface area (Å²) in [5, 5.41) is 12.1. The molecule has 7 heteroatoms. The van der Waals surface area contributed by atoms with Gasteiger partial charge in [0.1, 0.15) is 50.4 Å². The fraction of sp³-hybridized carbons (Fsp3) is 0. The number of furan rings is 1. The van der Waals surface area contributed by atoms with E-state index in [1.807, 2.05) is 0 Å². The predicted octanol–water partition coefficient (Wildman–Crippen LogP) is 8.10. The van der Waals surface area contributed by atoms with E-state index < -0.39 is 0 Å². The van der Waals surface area contributed by atoms with Crippen LogP contribution in [0, 0.1) is 0 Å². The Morgan fingerprint density at radius 2 is 0.836 bits per heavy atom. The van der Waals surface area contributed by atoms with Crippen LogP contribution in [0.3, 0.4) is 0 Å². The third kappa shape index (κ3) is 5.84. The number of hydrogen-bond acceptors (Lipinski definition) is 1. The van der Waals surface area contributed by atoms with Crippen molar-refractivity contribution in [1.82, 2.24) is 4.57 Å². The third-order valence-electron chi connectivity index (χ3n) is 15.1. The van der Waals surface area contributed by atoms with Gasteiger partial charge in [-0.1, -0.05) is 157 Å². The van der Waals surface area contributed by atoms with E-state index in [-0.39, 0.29) is 0 Å². The maximum atomic E-state index is 7.08. The van der Waals surface area contributed by atoms with Gasteiger partial charge < -0.3 is 8.98 Å². The van der Waals surface area contributed by atoms with E-state index in [9.17, 15) is 0 Å². The Labute approximate surface area is 393 Å². The van der Waals surface area contributed by atoms with Crippen LogP contribution in [0.4, 0.5) is 0 Å². The van der Waals surface area contributed by atoms with E-state index in [2.05, 4.69) is 238 Å². The molecule has 0 radical (unpaired) electrons. The van der Waals surface area contributed by atoms with Crippen LogP contribution in [0.1, 0.15) is 0 Å². The lowest BCUT2D eigenvalue weighted by Crippen LogP contribution is -2.55. The summed E-state index contributed by atoms with van der Waals surface area (Å²) in [4.78, 5) is 0. The lowest BCUT2D eigenvalue weighted by atomic mass is 9.59. The molecule has 0 saturated carbocycles. The SMILES string of the molecule is Bc1c(B)c(B)c(-c2c3ccccc3c(-c3cc(-c4ccc(-c5ccccc5)c5oc6ccc(-n7c8ccccc8c8ccccc87)cc6c45)c4ccccc4c3)c3ccccc23)c(B)c1B. The molecule has 0 fully saturated rings. The molecule has 0 spiro atoms. The quantitative estimate of drug-likeness (QED) is 0.127. The fourth-order valence-electron chi connectivity index (χ4n) is 11.5. The van der Waals surface area contributed by atoms with Crippen LogP contribution in [0.5, 0.6) is 0 Å². The normalized spacial score (nSPS) is 11.9. The molecule has 67 heavy (non-hydrogen) atoms. The van der Waals surface area contributed by atoms with E-state index in [0.29, 0.717) is 0 Å². The highest BCUT2D eigenvalue weighted by Crippen LogP contribution is 2.48. The number of rotatable bonds is 5. The topological polar surface area (TPSA) is 18.1 Å². The third-order valence-corrected chi connectivity index (χ3v) is 15.1. The molecule has 13 rings (SSSR count). The van der Waals surface area contributed by atoms with Gasteiger partial charge in [0.2, 0.25) is 0 Å². The molecular formula is C60H42B5NO. The molecule has 308 valence electrons. The van der Waals surface area contributed by atoms with Gasteiger partial charge in [-0.15, -0.1) is 16.4 Å². The zero-order chi connectivity index (χ0) is 45.1. The van der Waals surface area contributed by atoms with Crippen molar-refractivity contribution < 1.29 is 4.42 Å². The van der Waals surface area contributed by atoms with Crippen LogP contribution in [0.15, 0.2) is 199 Å². The van der Waals surface area contributed by atoms with E-state index in [4.69, 9.17) is 4.42 Å². The Morgan fingerprint density at radius 3 is 1.46 bits per heavy atom. The van der Waals surface area contributed by atoms with Gasteiger partial charge in [-0.3, -0.25) is 0 Å². The van der Waals surface area contributed by atoms with Crippen LogP contribution in [0.2, 0.25) is 0 Å². The Morgan fingerprint density at radius 1 is 0.328 bits per heavy atom. The zero-order valence-electron chi connectivity index (χ0n) is 38.3. The summed E-state index contributed by atoms with van der Waals surface area (Å²) in [5.74, 6) is 0. The van der Waals surface area contributed by atoms with E-state index in [1.165, 1.54) is 109 Å². The maximum Gasteiger partial charge on any atom is 0.143 e. The summed E-state index contributed by atoms with van der Waals surface area (Å²) in [6.45, 7) is 0. The monoisotopic (exact) mass is 847 g/mol. The smallest absolute Gasteiger partial charge is 0.143 e. The predicted molar refractivity (Wildman–Crippen MR) is 303 cm³/mol. The highest BCUT2D eigenvalue weighted by atomic mass is 16.3. The molecule has 11 aromatic carbocycles. The summed E-state index contributed by atoms with van der Waals surface area (Å²) in [6, 6.07) is 71.4. The molecule has 0 aliphatic heterocycles.